The normalized spacial score (nSPS) is 10.6. The summed E-state index contributed by atoms with van der Waals surface area (Å²) in [7, 11) is 4.15. The number of rotatable bonds is 4. The highest BCUT2D eigenvalue weighted by atomic mass is 127. The first kappa shape index (κ1) is 12.3. The van der Waals surface area contributed by atoms with Gasteiger partial charge in [0.05, 0.1) is 0 Å². The molecule has 0 aromatic heterocycles. The van der Waals surface area contributed by atoms with Gasteiger partial charge in [-0.1, -0.05) is 0 Å². The summed E-state index contributed by atoms with van der Waals surface area (Å²) in [6.07, 6.45) is 0. The van der Waals surface area contributed by atoms with Crippen molar-refractivity contribution in [1.29, 1.82) is 0 Å². The number of nitrogens with one attached hydrogen (secondary N) is 1. The zero-order valence-electron chi connectivity index (χ0n) is 8.35. The quantitative estimate of drug-likeness (QED) is 0.822. The molecule has 1 N–H and O–H groups in total. The molecule has 0 fully saturated rings. The minimum atomic E-state index is 0.964. The van der Waals surface area contributed by atoms with Crippen LogP contribution in [-0.2, 0) is 0 Å². The molecule has 0 bridgehead atoms. The van der Waals surface area contributed by atoms with Crippen LogP contribution in [0.15, 0.2) is 22.7 Å². The van der Waals surface area contributed by atoms with Gasteiger partial charge >= 0.3 is 0 Å². The Labute approximate surface area is 107 Å². The first-order valence-corrected chi connectivity index (χ1v) is 6.30. The molecule has 14 heavy (non-hydrogen) atoms. The maximum absolute atomic E-state index is 3.53. The molecule has 4 heteroatoms. The summed E-state index contributed by atoms with van der Waals surface area (Å²) in [4.78, 5) is 2.16. The largest absolute Gasteiger partial charge is 0.383 e. The lowest BCUT2D eigenvalue weighted by atomic mass is 10.3. The molecule has 0 heterocycles. The van der Waals surface area contributed by atoms with E-state index in [-0.39, 0.29) is 0 Å². The van der Waals surface area contributed by atoms with E-state index in [9.17, 15) is 0 Å². The molecule has 0 saturated carbocycles. The smallest absolute Gasteiger partial charge is 0.0485 e. The summed E-state index contributed by atoms with van der Waals surface area (Å²) in [6.45, 7) is 2.00. The maximum atomic E-state index is 3.53. The zero-order valence-corrected chi connectivity index (χ0v) is 12.1. The van der Waals surface area contributed by atoms with Crippen LogP contribution in [0.5, 0.6) is 0 Å². The van der Waals surface area contributed by atoms with Crippen molar-refractivity contribution in [1.82, 2.24) is 4.90 Å². The minimum absolute atomic E-state index is 0.964. The van der Waals surface area contributed by atoms with Crippen molar-refractivity contribution in [3.63, 3.8) is 0 Å². The van der Waals surface area contributed by atoms with Crippen LogP contribution in [0.3, 0.4) is 0 Å². The molecule has 0 aliphatic heterocycles. The molecule has 2 nitrogen and oxygen atoms in total. The van der Waals surface area contributed by atoms with Crippen LogP contribution in [0.4, 0.5) is 5.69 Å². The third-order valence-electron chi connectivity index (χ3n) is 1.81. The van der Waals surface area contributed by atoms with Crippen molar-refractivity contribution in [3.05, 3.63) is 26.2 Å². The predicted molar refractivity (Wildman–Crippen MR) is 73.9 cm³/mol. The third-order valence-corrected chi connectivity index (χ3v) is 3.13. The highest BCUT2D eigenvalue weighted by molar-refractivity contribution is 14.1. The lowest BCUT2D eigenvalue weighted by Crippen LogP contribution is -2.20. The lowest BCUT2D eigenvalue weighted by molar-refractivity contribution is 0.425. The number of halogens is 2. The Hall–Kier alpha value is 0.190. The Balaban J connectivity index is 2.51. The van der Waals surface area contributed by atoms with Crippen LogP contribution in [-0.4, -0.2) is 32.1 Å². The Kier molecular flexibility index (Phi) is 5.19. The second-order valence-electron chi connectivity index (χ2n) is 3.35. The number of hydrogen-bond acceptors (Lipinski definition) is 2. The Morgan fingerprint density at radius 2 is 2.14 bits per heavy atom. The van der Waals surface area contributed by atoms with Crippen molar-refractivity contribution in [2.24, 2.45) is 0 Å². The van der Waals surface area contributed by atoms with Crippen molar-refractivity contribution in [2.75, 3.05) is 32.5 Å². The predicted octanol–water partition coefficient (Wildman–Crippen LogP) is 3.03. The van der Waals surface area contributed by atoms with Crippen molar-refractivity contribution in [2.45, 2.75) is 0 Å². The fourth-order valence-electron chi connectivity index (χ4n) is 1.05. The summed E-state index contributed by atoms with van der Waals surface area (Å²) >= 11 is 5.84. The van der Waals surface area contributed by atoms with E-state index in [0.717, 1.165) is 23.2 Å². The molecule has 0 atom stereocenters. The fourth-order valence-corrected chi connectivity index (χ4v) is 2.49. The Morgan fingerprint density at radius 3 is 2.71 bits per heavy atom. The molecular weight excluding hydrogens is 355 g/mol. The van der Waals surface area contributed by atoms with Crippen LogP contribution in [0.25, 0.3) is 0 Å². The molecule has 0 spiro atoms. The maximum Gasteiger partial charge on any atom is 0.0485 e. The van der Waals surface area contributed by atoms with Gasteiger partial charge in [-0.3, -0.25) is 0 Å². The van der Waals surface area contributed by atoms with Crippen molar-refractivity contribution >= 4 is 44.2 Å². The molecule has 0 aliphatic carbocycles. The van der Waals surface area contributed by atoms with Crippen LogP contribution in [0, 0.1) is 3.57 Å². The molecule has 0 aliphatic rings. The van der Waals surface area contributed by atoms with Gasteiger partial charge in [0, 0.05) is 26.8 Å². The lowest BCUT2D eigenvalue weighted by Gasteiger charge is -2.12. The van der Waals surface area contributed by atoms with Crippen molar-refractivity contribution < 1.29 is 0 Å². The van der Waals surface area contributed by atoms with Crippen LogP contribution < -0.4 is 5.32 Å². The molecule has 1 rings (SSSR count). The fraction of sp³-hybridized carbons (Fsp3) is 0.400. The van der Waals surface area contributed by atoms with Gasteiger partial charge in [0.15, 0.2) is 0 Å². The molecule has 1 aromatic carbocycles. The third kappa shape index (κ3) is 4.14. The van der Waals surface area contributed by atoms with E-state index in [1.807, 2.05) is 0 Å². The highest BCUT2D eigenvalue weighted by Crippen LogP contribution is 2.23. The first-order chi connectivity index (χ1) is 6.59. The number of anilines is 1. The van der Waals surface area contributed by atoms with E-state index in [4.69, 9.17) is 0 Å². The van der Waals surface area contributed by atoms with E-state index in [2.05, 4.69) is 81.0 Å². The van der Waals surface area contributed by atoms with Crippen LogP contribution in [0.1, 0.15) is 0 Å². The van der Waals surface area contributed by atoms with Gasteiger partial charge in [0.1, 0.15) is 0 Å². The van der Waals surface area contributed by atoms with Crippen LogP contribution >= 0.6 is 38.5 Å². The Morgan fingerprint density at radius 1 is 1.43 bits per heavy atom. The average molecular weight is 369 g/mol. The molecule has 78 valence electrons. The van der Waals surface area contributed by atoms with Gasteiger partial charge < -0.3 is 10.2 Å². The average Bonchev–Trinajstić information content (AvgIpc) is 2.08. The summed E-state index contributed by atoms with van der Waals surface area (Å²) in [5.74, 6) is 0. The van der Waals surface area contributed by atoms with Gasteiger partial charge in [-0.05, 0) is 70.8 Å². The summed E-state index contributed by atoms with van der Waals surface area (Å²) in [6, 6.07) is 6.31. The highest BCUT2D eigenvalue weighted by Gasteiger charge is 1.99. The van der Waals surface area contributed by atoms with E-state index in [1.54, 1.807) is 0 Å². The van der Waals surface area contributed by atoms with Crippen molar-refractivity contribution in [3.8, 4) is 0 Å². The van der Waals surface area contributed by atoms with Gasteiger partial charge in [-0.25, -0.2) is 0 Å². The van der Waals surface area contributed by atoms with Gasteiger partial charge in [-0.15, -0.1) is 0 Å². The molecule has 0 saturated heterocycles. The number of hydrogen-bond donors (Lipinski definition) is 1. The molecule has 0 radical (unpaired) electrons. The van der Waals surface area contributed by atoms with E-state index in [0.29, 0.717) is 0 Å². The van der Waals surface area contributed by atoms with Gasteiger partial charge in [-0.2, -0.15) is 0 Å². The Bertz CT molecular complexity index is 302. The zero-order chi connectivity index (χ0) is 10.6. The monoisotopic (exact) mass is 368 g/mol. The first-order valence-electron chi connectivity index (χ1n) is 4.43. The van der Waals surface area contributed by atoms with E-state index >= 15 is 0 Å². The number of nitrogens with zero attached hydrogens (tertiary/aromatic N) is 1. The van der Waals surface area contributed by atoms with E-state index in [1.165, 1.54) is 3.57 Å². The van der Waals surface area contributed by atoms with Gasteiger partial charge in [0.2, 0.25) is 0 Å². The summed E-state index contributed by atoms with van der Waals surface area (Å²) < 4.78 is 2.37. The topological polar surface area (TPSA) is 15.3 Å². The second-order valence-corrected chi connectivity index (χ2v) is 5.45. The standard InChI is InChI=1S/C10H14BrIN2/c1-14(2)6-5-13-10-4-3-8(12)7-9(10)11/h3-4,7,13H,5-6H2,1-2H3. The van der Waals surface area contributed by atoms with E-state index < -0.39 is 0 Å². The molecule has 0 unspecified atom stereocenters. The number of likely N-dealkylation sites (N-methyl/N-ethyl adjacent to an activating group) is 1. The molecule has 1 aromatic rings. The molecular formula is C10H14BrIN2. The second kappa shape index (κ2) is 5.92. The minimum Gasteiger partial charge on any atom is -0.383 e. The molecule has 0 amide bonds. The SMILES string of the molecule is CN(C)CCNc1ccc(I)cc1Br. The number of benzene rings is 1. The van der Waals surface area contributed by atoms with Gasteiger partial charge in [0.25, 0.3) is 0 Å². The summed E-state index contributed by atoms with van der Waals surface area (Å²) in [5.41, 5.74) is 1.16. The van der Waals surface area contributed by atoms with Crippen LogP contribution in [0.2, 0.25) is 0 Å². The summed E-state index contributed by atoms with van der Waals surface area (Å²) in [5, 5.41) is 3.38.